The first kappa shape index (κ1) is 16.3. The van der Waals surface area contributed by atoms with Gasteiger partial charge in [-0.25, -0.2) is 10.2 Å². The van der Waals surface area contributed by atoms with Crippen molar-refractivity contribution in [1.82, 2.24) is 10.3 Å². The first-order valence-corrected chi connectivity index (χ1v) is 7.17. The second kappa shape index (κ2) is 7.77. The van der Waals surface area contributed by atoms with Crippen molar-refractivity contribution < 1.29 is 14.3 Å². The average Bonchev–Trinajstić information content (AvgIpc) is 2.53. The Morgan fingerprint density at radius 3 is 2.82 bits per heavy atom. The molecule has 2 rings (SSSR count). The minimum absolute atomic E-state index is 0.679. The summed E-state index contributed by atoms with van der Waals surface area (Å²) < 4.78 is 10.8. The second-order valence-electron chi connectivity index (χ2n) is 5.09. The molecule has 22 heavy (non-hydrogen) atoms. The molecule has 3 N–H and O–H groups in total. The molecule has 0 radical (unpaired) electrons. The number of carbonyl (C=O) groups is 1. The van der Waals surface area contributed by atoms with E-state index in [-0.39, 0.29) is 0 Å². The maximum Gasteiger partial charge on any atom is 0.332 e. The molecule has 1 heterocycles. The first-order valence-electron chi connectivity index (χ1n) is 7.17. The summed E-state index contributed by atoms with van der Waals surface area (Å²) in [5, 5.41) is 3.96. The Kier molecular flexibility index (Phi) is 5.74. The molecular weight excluding hydrogens is 284 g/mol. The number of carbonyl (C=O) groups excluding carboxylic acids is 1. The molecule has 120 valence electrons. The van der Waals surface area contributed by atoms with E-state index < -0.39 is 6.03 Å². The summed E-state index contributed by atoms with van der Waals surface area (Å²) >= 11 is 0. The molecule has 1 aromatic carbocycles. The highest BCUT2D eigenvalue weighted by atomic mass is 16.5. The van der Waals surface area contributed by atoms with Gasteiger partial charge < -0.3 is 15.2 Å². The van der Waals surface area contributed by atoms with E-state index in [4.69, 9.17) is 15.2 Å². The lowest BCUT2D eigenvalue weighted by Gasteiger charge is -2.27. The Morgan fingerprint density at radius 1 is 1.45 bits per heavy atom. The number of amides is 2. The van der Waals surface area contributed by atoms with Crippen LogP contribution in [0.2, 0.25) is 0 Å². The third kappa shape index (κ3) is 4.44. The zero-order valence-electron chi connectivity index (χ0n) is 13.0. The Balaban J connectivity index is 2.17. The lowest BCUT2D eigenvalue weighted by Crippen LogP contribution is -2.35. The summed E-state index contributed by atoms with van der Waals surface area (Å²) in [6.45, 7) is 5.93. The molecule has 1 aliphatic heterocycles. The molecule has 0 saturated carbocycles. The van der Waals surface area contributed by atoms with Gasteiger partial charge in [-0.3, -0.25) is 4.90 Å². The molecule has 0 bridgehead atoms. The number of hydrogen-bond donors (Lipinski definition) is 2. The van der Waals surface area contributed by atoms with Gasteiger partial charge in [-0.05, 0) is 30.7 Å². The molecule has 0 aromatic heterocycles. The predicted octanol–water partition coefficient (Wildman–Crippen LogP) is 0.920. The van der Waals surface area contributed by atoms with Crippen LogP contribution in [0, 0.1) is 0 Å². The molecule has 0 atom stereocenters. The number of nitrogens with zero attached hydrogens (tertiary/aromatic N) is 2. The van der Waals surface area contributed by atoms with Gasteiger partial charge in [0.2, 0.25) is 0 Å². The second-order valence-corrected chi connectivity index (χ2v) is 5.09. The van der Waals surface area contributed by atoms with Crippen LogP contribution in [0.1, 0.15) is 18.1 Å². The van der Waals surface area contributed by atoms with E-state index >= 15 is 0 Å². The van der Waals surface area contributed by atoms with Crippen molar-refractivity contribution in [2.45, 2.75) is 13.5 Å². The smallest absolute Gasteiger partial charge is 0.332 e. The normalized spacial score (nSPS) is 16.4. The van der Waals surface area contributed by atoms with Crippen molar-refractivity contribution in [3.63, 3.8) is 0 Å². The summed E-state index contributed by atoms with van der Waals surface area (Å²) in [5.41, 5.74) is 9.94. The summed E-state index contributed by atoms with van der Waals surface area (Å²) in [6, 6.07) is 5.16. The molecule has 7 nitrogen and oxygen atoms in total. The van der Waals surface area contributed by atoms with E-state index in [1.54, 1.807) is 7.11 Å². The highest BCUT2D eigenvalue weighted by molar-refractivity contribution is 5.99. The number of urea groups is 1. The van der Waals surface area contributed by atoms with Crippen molar-refractivity contribution in [2.24, 2.45) is 10.8 Å². The van der Waals surface area contributed by atoms with Gasteiger partial charge in [-0.1, -0.05) is 0 Å². The maximum absolute atomic E-state index is 10.7. The van der Waals surface area contributed by atoms with E-state index in [0.717, 1.165) is 49.7 Å². The van der Waals surface area contributed by atoms with Crippen molar-refractivity contribution in [3.05, 3.63) is 29.3 Å². The van der Waals surface area contributed by atoms with Gasteiger partial charge in [0.25, 0.3) is 0 Å². The quantitative estimate of drug-likeness (QED) is 0.625. The molecule has 1 fully saturated rings. The van der Waals surface area contributed by atoms with Crippen molar-refractivity contribution in [3.8, 4) is 5.75 Å². The molecule has 2 amide bonds. The van der Waals surface area contributed by atoms with Crippen LogP contribution in [0.15, 0.2) is 23.3 Å². The number of methoxy groups -OCH3 is 1. The van der Waals surface area contributed by atoms with Gasteiger partial charge in [-0.2, -0.15) is 5.10 Å². The van der Waals surface area contributed by atoms with E-state index in [9.17, 15) is 4.79 Å². The molecule has 0 aliphatic carbocycles. The monoisotopic (exact) mass is 306 g/mol. The topological polar surface area (TPSA) is 89.2 Å². The summed E-state index contributed by atoms with van der Waals surface area (Å²) in [6.07, 6.45) is 0. The van der Waals surface area contributed by atoms with Crippen LogP contribution in [0.3, 0.4) is 0 Å². The largest absolute Gasteiger partial charge is 0.496 e. The minimum Gasteiger partial charge on any atom is -0.496 e. The Labute approximate surface area is 130 Å². The Morgan fingerprint density at radius 2 is 2.18 bits per heavy atom. The number of hydrazone groups is 1. The van der Waals surface area contributed by atoms with Gasteiger partial charge in [0.05, 0.1) is 26.0 Å². The van der Waals surface area contributed by atoms with Crippen LogP contribution in [-0.4, -0.2) is 50.1 Å². The first-order chi connectivity index (χ1) is 10.6. The number of primary amides is 1. The number of benzene rings is 1. The molecule has 1 saturated heterocycles. The lowest BCUT2D eigenvalue weighted by atomic mass is 10.1. The fourth-order valence-electron chi connectivity index (χ4n) is 2.33. The Hall–Kier alpha value is -2.12. The third-order valence-electron chi connectivity index (χ3n) is 3.53. The zero-order valence-corrected chi connectivity index (χ0v) is 13.0. The molecule has 7 heteroatoms. The summed E-state index contributed by atoms with van der Waals surface area (Å²) in [4.78, 5) is 13.0. The van der Waals surface area contributed by atoms with E-state index in [2.05, 4.69) is 15.4 Å². The van der Waals surface area contributed by atoms with Crippen LogP contribution in [0.5, 0.6) is 5.75 Å². The summed E-state index contributed by atoms with van der Waals surface area (Å²) in [5.74, 6) is 0.839. The van der Waals surface area contributed by atoms with E-state index in [0.29, 0.717) is 5.71 Å². The highest BCUT2D eigenvalue weighted by Gasteiger charge is 2.14. The third-order valence-corrected chi connectivity index (χ3v) is 3.53. The van der Waals surface area contributed by atoms with Gasteiger partial charge >= 0.3 is 6.03 Å². The van der Waals surface area contributed by atoms with Crippen LogP contribution < -0.4 is 15.9 Å². The molecular formula is C15H22N4O3. The zero-order chi connectivity index (χ0) is 15.9. The number of rotatable bonds is 5. The number of morpholine rings is 1. The van der Waals surface area contributed by atoms with Crippen molar-refractivity contribution >= 4 is 11.7 Å². The van der Waals surface area contributed by atoms with Crippen molar-refractivity contribution in [1.29, 1.82) is 0 Å². The fourth-order valence-corrected chi connectivity index (χ4v) is 2.33. The molecule has 1 aromatic rings. The number of hydrogen-bond acceptors (Lipinski definition) is 5. The highest BCUT2D eigenvalue weighted by Crippen LogP contribution is 2.22. The molecule has 0 unspecified atom stereocenters. The van der Waals surface area contributed by atoms with Crippen molar-refractivity contribution in [2.75, 3.05) is 33.4 Å². The van der Waals surface area contributed by atoms with E-state index in [1.165, 1.54) is 0 Å². The van der Waals surface area contributed by atoms with Crippen LogP contribution in [-0.2, 0) is 11.3 Å². The summed E-state index contributed by atoms with van der Waals surface area (Å²) in [7, 11) is 1.66. The van der Waals surface area contributed by atoms with Gasteiger partial charge in [0.15, 0.2) is 0 Å². The maximum atomic E-state index is 10.7. The average molecular weight is 306 g/mol. The van der Waals surface area contributed by atoms with Gasteiger partial charge in [-0.15, -0.1) is 0 Å². The van der Waals surface area contributed by atoms with Crippen LogP contribution in [0.25, 0.3) is 0 Å². The van der Waals surface area contributed by atoms with Gasteiger partial charge in [0, 0.05) is 25.2 Å². The number of ether oxygens (including phenoxy) is 2. The number of nitrogens with two attached hydrogens (primary N) is 1. The number of nitrogens with one attached hydrogen (secondary N) is 1. The van der Waals surface area contributed by atoms with Crippen LogP contribution >= 0.6 is 0 Å². The predicted molar refractivity (Wildman–Crippen MR) is 84.0 cm³/mol. The minimum atomic E-state index is -0.679. The molecule has 1 aliphatic rings. The standard InChI is InChI=1S/C15H22N4O3/c1-11(17-18-15(16)20)12-3-4-14(21-2)13(9-12)10-19-5-7-22-8-6-19/h3-4,9H,5-8,10H2,1-2H3,(H3,16,18,20). The fraction of sp³-hybridized carbons (Fsp3) is 0.467. The van der Waals surface area contributed by atoms with Crippen LogP contribution in [0.4, 0.5) is 4.79 Å². The Bertz CT molecular complexity index is 554. The SMILES string of the molecule is COc1ccc(C(C)=NNC(N)=O)cc1CN1CCOCC1. The lowest BCUT2D eigenvalue weighted by molar-refractivity contribution is 0.0339. The van der Waals surface area contributed by atoms with E-state index in [1.807, 2.05) is 25.1 Å². The van der Waals surface area contributed by atoms with Gasteiger partial charge in [0.1, 0.15) is 5.75 Å². The molecule has 0 spiro atoms.